The predicted octanol–water partition coefficient (Wildman–Crippen LogP) is 2.36. The lowest BCUT2D eigenvalue weighted by Crippen LogP contribution is -2.27. The topological polar surface area (TPSA) is 54.4 Å². The Balaban J connectivity index is 2.54. The number of ketones is 1. The van der Waals surface area contributed by atoms with Gasteiger partial charge in [0.2, 0.25) is 0 Å². The van der Waals surface area contributed by atoms with Gasteiger partial charge in [0, 0.05) is 17.9 Å². The van der Waals surface area contributed by atoms with Gasteiger partial charge in [-0.15, -0.1) is 0 Å². The van der Waals surface area contributed by atoms with Crippen molar-refractivity contribution in [2.45, 2.75) is 33.7 Å². The van der Waals surface area contributed by atoms with Crippen LogP contribution in [-0.2, 0) is 4.79 Å². The highest BCUT2D eigenvalue weighted by atomic mass is 16.1. The van der Waals surface area contributed by atoms with E-state index in [0.29, 0.717) is 6.54 Å². The zero-order valence-corrected chi connectivity index (χ0v) is 12.0. The van der Waals surface area contributed by atoms with Gasteiger partial charge in [0.1, 0.15) is 0 Å². The second kappa shape index (κ2) is 7.46. The molecule has 0 aliphatic rings. The first-order chi connectivity index (χ1) is 8.99. The predicted molar refractivity (Wildman–Crippen MR) is 78.4 cm³/mol. The van der Waals surface area contributed by atoms with Gasteiger partial charge in [-0.1, -0.05) is 6.07 Å². The minimum atomic E-state index is 0.0466. The number of rotatable bonds is 6. The lowest BCUT2D eigenvalue weighted by Gasteiger charge is -2.13. The molecule has 19 heavy (non-hydrogen) atoms. The maximum atomic E-state index is 10.9. The lowest BCUT2D eigenvalue weighted by molar-refractivity contribution is -0.112. The summed E-state index contributed by atoms with van der Waals surface area (Å²) in [6, 6.07) is 5.95. The second-order valence-corrected chi connectivity index (χ2v) is 4.62. The molecule has 102 valence electrons. The van der Waals surface area contributed by atoms with Gasteiger partial charge in [0.25, 0.3) is 0 Å². The zero-order valence-electron chi connectivity index (χ0n) is 12.0. The summed E-state index contributed by atoms with van der Waals surface area (Å²) in [4.78, 5) is 19.7. The summed E-state index contributed by atoms with van der Waals surface area (Å²) in [6.07, 6.45) is 3.35. The van der Waals surface area contributed by atoms with Gasteiger partial charge >= 0.3 is 0 Å². The standard InChI is InChI=1S/C15H21N3O/c1-11(9-13(3)19)18-12(2)10-17-14(4)15-7-5-6-8-16-15/h5-9,12,18H,10H2,1-4H3/b11-9+,17-14?. The van der Waals surface area contributed by atoms with Crippen LogP contribution in [-0.4, -0.2) is 29.1 Å². The Morgan fingerprint density at radius 1 is 1.42 bits per heavy atom. The SMILES string of the molecule is CC(=O)/C=C(\C)NC(C)CN=C(C)c1ccccn1. The van der Waals surface area contributed by atoms with Crippen molar-refractivity contribution < 1.29 is 4.79 Å². The highest BCUT2D eigenvalue weighted by Gasteiger charge is 2.02. The first-order valence-electron chi connectivity index (χ1n) is 6.37. The zero-order chi connectivity index (χ0) is 14.3. The van der Waals surface area contributed by atoms with E-state index in [-0.39, 0.29) is 11.8 Å². The van der Waals surface area contributed by atoms with Gasteiger partial charge in [0.05, 0.1) is 18.0 Å². The van der Waals surface area contributed by atoms with Gasteiger partial charge in [-0.2, -0.15) is 0 Å². The van der Waals surface area contributed by atoms with E-state index < -0.39 is 0 Å². The van der Waals surface area contributed by atoms with Crippen molar-refractivity contribution in [1.82, 2.24) is 10.3 Å². The van der Waals surface area contributed by atoms with Crippen molar-refractivity contribution in [2.75, 3.05) is 6.54 Å². The third-order valence-electron chi connectivity index (χ3n) is 2.53. The van der Waals surface area contributed by atoms with Crippen molar-refractivity contribution in [2.24, 2.45) is 4.99 Å². The molecule has 4 heteroatoms. The van der Waals surface area contributed by atoms with E-state index in [1.54, 1.807) is 19.2 Å². The van der Waals surface area contributed by atoms with Crippen molar-refractivity contribution in [1.29, 1.82) is 0 Å². The summed E-state index contributed by atoms with van der Waals surface area (Å²) in [5.41, 5.74) is 2.68. The number of allylic oxidation sites excluding steroid dienone is 2. The van der Waals surface area contributed by atoms with E-state index in [0.717, 1.165) is 17.1 Å². The van der Waals surface area contributed by atoms with Crippen LogP contribution < -0.4 is 5.32 Å². The number of aliphatic imine (C=N–C) groups is 1. The highest BCUT2D eigenvalue weighted by Crippen LogP contribution is 1.98. The Bertz CT molecular complexity index is 477. The van der Waals surface area contributed by atoms with E-state index in [2.05, 4.69) is 15.3 Å². The molecule has 1 atom stereocenters. The first kappa shape index (κ1) is 15.1. The molecule has 0 amide bonds. The van der Waals surface area contributed by atoms with Crippen molar-refractivity contribution >= 4 is 11.5 Å². The minimum absolute atomic E-state index is 0.0466. The number of pyridine rings is 1. The van der Waals surface area contributed by atoms with Crippen LogP contribution in [0.25, 0.3) is 0 Å². The third kappa shape index (κ3) is 5.95. The summed E-state index contributed by atoms with van der Waals surface area (Å²) in [7, 11) is 0. The molecule has 0 aliphatic carbocycles. The van der Waals surface area contributed by atoms with E-state index in [1.165, 1.54) is 0 Å². The Hall–Kier alpha value is -1.97. The maximum absolute atomic E-state index is 10.9. The summed E-state index contributed by atoms with van der Waals surface area (Å²) < 4.78 is 0. The van der Waals surface area contributed by atoms with Crippen LogP contribution in [0.15, 0.2) is 41.2 Å². The van der Waals surface area contributed by atoms with Gasteiger partial charge in [-0.05, 0) is 45.9 Å². The highest BCUT2D eigenvalue weighted by molar-refractivity contribution is 5.96. The van der Waals surface area contributed by atoms with Gasteiger partial charge in [-0.3, -0.25) is 14.8 Å². The average molecular weight is 259 g/mol. The fourth-order valence-corrected chi connectivity index (χ4v) is 1.71. The number of hydrogen-bond acceptors (Lipinski definition) is 4. The molecule has 0 radical (unpaired) electrons. The third-order valence-corrected chi connectivity index (χ3v) is 2.53. The quantitative estimate of drug-likeness (QED) is 0.630. The molecule has 1 aromatic rings. The molecular formula is C15H21N3O. The molecule has 0 spiro atoms. The van der Waals surface area contributed by atoms with E-state index in [4.69, 9.17) is 0 Å². The van der Waals surface area contributed by atoms with E-state index in [9.17, 15) is 4.79 Å². The van der Waals surface area contributed by atoms with Crippen molar-refractivity contribution in [3.05, 3.63) is 41.9 Å². The molecule has 1 aromatic heterocycles. The largest absolute Gasteiger partial charge is 0.384 e. The van der Waals surface area contributed by atoms with Crippen LogP contribution in [0.5, 0.6) is 0 Å². The van der Waals surface area contributed by atoms with E-state index in [1.807, 2.05) is 39.0 Å². The molecule has 1 N–H and O–H groups in total. The van der Waals surface area contributed by atoms with Crippen LogP contribution in [0.1, 0.15) is 33.4 Å². The summed E-state index contributed by atoms with van der Waals surface area (Å²) in [5, 5.41) is 3.23. The summed E-state index contributed by atoms with van der Waals surface area (Å²) in [6.45, 7) is 8.05. The van der Waals surface area contributed by atoms with Crippen LogP contribution >= 0.6 is 0 Å². The Morgan fingerprint density at radius 3 is 2.74 bits per heavy atom. The molecule has 1 unspecified atom stereocenters. The number of hydrogen-bond donors (Lipinski definition) is 1. The van der Waals surface area contributed by atoms with Gasteiger partial charge in [-0.25, -0.2) is 0 Å². The molecule has 0 saturated heterocycles. The van der Waals surface area contributed by atoms with Crippen molar-refractivity contribution in [3.63, 3.8) is 0 Å². The number of carbonyl (C=O) groups excluding carboxylic acids is 1. The maximum Gasteiger partial charge on any atom is 0.154 e. The Labute approximate surface area is 114 Å². The van der Waals surface area contributed by atoms with Crippen LogP contribution in [0, 0.1) is 0 Å². The minimum Gasteiger partial charge on any atom is -0.384 e. The molecule has 0 aromatic carbocycles. The van der Waals surface area contributed by atoms with Crippen LogP contribution in [0.4, 0.5) is 0 Å². The van der Waals surface area contributed by atoms with Gasteiger partial charge in [0.15, 0.2) is 5.78 Å². The normalized spacial score (nSPS) is 14.1. The molecule has 1 heterocycles. The lowest BCUT2D eigenvalue weighted by atomic mass is 10.2. The molecule has 0 saturated carbocycles. The molecule has 0 fully saturated rings. The van der Waals surface area contributed by atoms with Crippen molar-refractivity contribution in [3.8, 4) is 0 Å². The number of carbonyl (C=O) groups is 1. The molecule has 0 aliphatic heterocycles. The summed E-state index contributed by atoms with van der Waals surface area (Å²) >= 11 is 0. The average Bonchev–Trinajstić information content (AvgIpc) is 2.36. The Morgan fingerprint density at radius 2 is 2.16 bits per heavy atom. The second-order valence-electron chi connectivity index (χ2n) is 4.62. The molecular weight excluding hydrogens is 238 g/mol. The molecule has 0 bridgehead atoms. The van der Waals surface area contributed by atoms with Gasteiger partial charge < -0.3 is 5.32 Å². The number of nitrogens with zero attached hydrogens (tertiary/aromatic N) is 2. The fraction of sp³-hybridized carbons (Fsp3) is 0.400. The van der Waals surface area contributed by atoms with Crippen LogP contribution in [0.2, 0.25) is 0 Å². The molecule has 1 rings (SSSR count). The monoisotopic (exact) mass is 259 g/mol. The number of nitrogens with one attached hydrogen (secondary N) is 1. The first-order valence-corrected chi connectivity index (χ1v) is 6.37. The fourth-order valence-electron chi connectivity index (χ4n) is 1.71. The Kier molecular flexibility index (Phi) is 5.93. The smallest absolute Gasteiger partial charge is 0.154 e. The van der Waals surface area contributed by atoms with E-state index >= 15 is 0 Å². The molecule has 4 nitrogen and oxygen atoms in total. The number of aromatic nitrogens is 1. The summed E-state index contributed by atoms with van der Waals surface area (Å²) in [5.74, 6) is 0.0466. The van der Waals surface area contributed by atoms with Crippen LogP contribution in [0.3, 0.4) is 0 Å².